The van der Waals surface area contributed by atoms with Gasteiger partial charge in [-0.15, -0.1) is 0 Å². The molecule has 1 aromatic carbocycles. The molecule has 1 aliphatic rings. The van der Waals surface area contributed by atoms with Crippen LogP contribution in [0, 0.1) is 5.92 Å². The summed E-state index contributed by atoms with van der Waals surface area (Å²) in [6, 6.07) is 7.01. The molecule has 5 heteroatoms. The summed E-state index contributed by atoms with van der Waals surface area (Å²) in [5.74, 6) is -0.385. The average Bonchev–Trinajstić information content (AvgIpc) is 2.26. The van der Waals surface area contributed by atoms with Crippen molar-refractivity contribution in [3.63, 3.8) is 0 Å². The van der Waals surface area contributed by atoms with Gasteiger partial charge in [-0.25, -0.2) is 4.79 Å². The minimum atomic E-state index is -0.340. The molecule has 17 heavy (non-hydrogen) atoms. The Hall–Kier alpha value is -1.55. The molecular formula is C12H13ClN2O2. The lowest BCUT2D eigenvalue weighted by atomic mass is 10.1. The first-order valence-electron chi connectivity index (χ1n) is 5.40. The van der Waals surface area contributed by atoms with Crippen LogP contribution in [0.4, 0.5) is 4.79 Å². The van der Waals surface area contributed by atoms with Crippen LogP contribution in [0.5, 0.6) is 0 Å². The van der Waals surface area contributed by atoms with E-state index in [1.165, 1.54) is 0 Å². The van der Waals surface area contributed by atoms with Gasteiger partial charge in [0.05, 0.1) is 5.92 Å². The third-order valence-electron chi connectivity index (χ3n) is 2.72. The fourth-order valence-corrected chi connectivity index (χ4v) is 2.01. The van der Waals surface area contributed by atoms with E-state index in [0.29, 0.717) is 18.1 Å². The van der Waals surface area contributed by atoms with E-state index in [4.69, 9.17) is 11.6 Å². The topological polar surface area (TPSA) is 49.4 Å². The van der Waals surface area contributed by atoms with Gasteiger partial charge in [0.1, 0.15) is 0 Å². The number of hydrogen-bond donors (Lipinski definition) is 1. The lowest BCUT2D eigenvalue weighted by Crippen LogP contribution is -2.53. The highest BCUT2D eigenvalue weighted by Crippen LogP contribution is 2.15. The standard InChI is InChI=1S/C12H13ClN2O2/c1-8-6-15(12(17)14-11(8)16)7-9-3-2-4-10(13)5-9/h2-5,8H,6-7H2,1H3,(H,14,16,17). The van der Waals surface area contributed by atoms with Gasteiger partial charge in [0.15, 0.2) is 0 Å². The number of benzene rings is 1. The van der Waals surface area contributed by atoms with Crippen LogP contribution in [0.25, 0.3) is 0 Å². The van der Waals surface area contributed by atoms with Crippen LogP contribution < -0.4 is 5.32 Å². The minimum absolute atomic E-state index is 0.174. The van der Waals surface area contributed by atoms with Crippen molar-refractivity contribution in [1.29, 1.82) is 0 Å². The Labute approximate surface area is 105 Å². The molecule has 1 heterocycles. The number of carbonyl (C=O) groups is 2. The summed E-state index contributed by atoms with van der Waals surface area (Å²) in [6.45, 7) is 2.70. The van der Waals surface area contributed by atoms with Crippen molar-refractivity contribution in [2.45, 2.75) is 13.5 Å². The molecule has 1 atom stereocenters. The van der Waals surface area contributed by atoms with E-state index in [-0.39, 0.29) is 17.9 Å². The number of amides is 3. The SMILES string of the molecule is CC1CN(Cc2cccc(Cl)c2)C(=O)NC1=O. The van der Waals surface area contributed by atoms with E-state index < -0.39 is 0 Å². The predicted octanol–water partition coefficient (Wildman–Crippen LogP) is 2.03. The summed E-state index contributed by atoms with van der Waals surface area (Å²) < 4.78 is 0. The Balaban J connectivity index is 2.08. The molecule has 1 aromatic rings. The van der Waals surface area contributed by atoms with Crippen LogP contribution >= 0.6 is 11.6 Å². The summed E-state index contributed by atoms with van der Waals surface area (Å²) >= 11 is 5.88. The molecule has 1 fully saturated rings. The molecule has 0 radical (unpaired) electrons. The molecule has 0 bridgehead atoms. The zero-order valence-electron chi connectivity index (χ0n) is 9.44. The van der Waals surface area contributed by atoms with Crippen molar-refractivity contribution in [1.82, 2.24) is 10.2 Å². The smallest absolute Gasteiger partial charge is 0.319 e. The molecular weight excluding hydrogens is 240 g/mol. The Morgan fingerprint density at radius 1 is 1.47 bits per heavy atom. The molecule has 2 rings (SSSR count). The van der Waals surface area contributed by atoms with E-state index >= 15 is 0 Å². The third kappa shape index (κ3) is 2.77. The van der Waals surface area contributed by atoms with Gasteiger partial charge < -0.3 is 4.90 Å². The quantitative estimate of drug-likeness (QED) is 0.876. The maximum absolute atomic E-state index is 11.6. The molecule has 4 nitrogen and oxygen atoms in total. The van der Waals surface area contributed by atoms with Gasteiger partial charge in [-0.3, -0.25) is 10.1 Å². The summed E-state index contributed by atoms with van der Waals surface area (Å²) in [5.41, 5.74) is 0.953. The first kappa shape index (κ1) is 11.9. The molecule has 0 aliphatic carbocycles. The van der Waals surface area contributed by atoms with Gasteiger partial charge in [-0.1, -0.05) is 30.7 Å². The molecule has 3 amide bonds. The first-order chi connectivity index (χ1) is 8.06. The molecule has 1 N–H and O–H groups in total. The largest absolute Gasteiger partial charge is 0.324 e. The second kappa shape index (κ2) is 4.75. The molecule has 0 saturated carbocycles. The van der Waals surface area contributed by atoms with Crippen LogP contribution in [0.3, 0.4) is 0 Å². The van der Waals surface area contributed by atoms with Crippen LogP contribution in [0.2, 0.25) is 5.02 Å². The van der Waals surface area contributed by atoms with Gasteiger partial charge in [-0.05, 0) is 17.7 Å². The average molecular weight is 253 g/mol. The highest BCUT2D eigenvalue weighted by Gasteiger charge is 2.28. The Morgan fingerprint density at radius 2 is 2.24 bits per heavy atom. The highest BCUT2D eigenvalue weighted by atomic mass is 35.5. The van der Waals surface area contributed by atoms with Gasteiger partial charge in [0.25, 0.3) is 0 Å². The van der Waals surface area contributed by atoms with Crippen LogP contribution in [0.15, 0.2) is 24.3 Å². The van der Waals surface area contributed by atoms with E-state index in [0.717, 1.165) is 5.56 Å². The number of hydrogen-bond acceptors (Lipinski definition) is 2. The number of rotatable bonds is 2. The number of imide groups is 1. The maximum Gasteiger partial charge on any atom is 0.324 e. The number of urea groups is 1. The maximum atomic E-state index is 11.6. The molecule has 1 saturated heterocycles. The van der Waals surface area contributed by atoms with Crippen molar-refractivity contribution < 1.29 is 9.59 Å². The Bertz CT molecular complexity index is 462. The fourth-order valence-electron chi connectivity index (χ4n) is 1.80. The van der Waals surface area contributed by atoms with Gasteiger partial charge >= 0.3 is 6.03 Å². The molecule has 1 unspecified atom stereocenters. The van der Waals surface area contributed by atoms with Crippen molar-refractivity contribution in [2.75, 3.05) is 6.54 Å². The summed E-state index contributed by atoms with van der Waals surface area (Å²) in [4.78, 5) is 24.5. The van der Waals surface area contributed by atoms with E-state index in [9.17, 15) is 9.59 Å². The van der Waals surface area contributed by atoms with E-state index in [1.54, 1.807) is 17.9 Å². The van der Waals surface area contributed by atoms with Crippen molar-refractivity contribution in [2.24, 2.45) is 5.92 Å². The summed E-state index contributed by atoms with van der Waals surface area (Å²) in [5, 5.41) is 2.97. The highest BCUT2D eigenvalue weighted by molar-refractivity contribution is 6.30. The van der Waals surface area contributed by atoms with Crippen LogP contribution in [-0.4, -0.2) is 23.4 Å². The minimum Gasteiger partial charge on any atom is -0.319 e. The number of nitrogens with one attached hydrogen (secondary N) is 1. The Kier molecular flexibility index (Phi) is 3.33. The summed E-state index contributed by atoms with van der Waals surface area (Å²) in [7, 11) is 0. The lowest BCUT2D eigenvalue weighted by molar-refractivity contribution is -0.125. The third-order valence-corrected chi connectivity index (χ3v) is 2.96. The second-order valence-corrected chi connectivity index (χ2v) is 4.64. The molecule has 90 valence electrons. The molecule has 0 spiro atoms. The second-order valence-electron chi connectivity index (χ2n) is 4.21. The van der Waals surface area contributed by atoms with Gasteiger partial charge in [-0.2, -0.15) is 0 Å². The zero-order valence-corrected chi connectivity index (χ0v) is 10.2. The molecule has 0 aromatic heterocycles. The number of carbonyl (C=O) groups excluding carboxylic acids is 2. The Morgan fingerprint density at radius 3 is 2.94 bits per heavy atom. The van der Waals surface area contributed by atoms with Gasteiger partial charge in [0, 0.05) is 18.1 Å². The van der Waals surface area contributed by atoms with Crippen molar-refractivity contribution in [3.8, 4) is 0 Å². The normalized spacial score (nSPS) is 20.4. The van der Waals surface area contributed by atoms with Crippen molar-refractivity contribution >= 4 is 23.5 Å². The van der Waals surface area contributed by atoms with Crippen LogP contribution in [-0.2, 0) is 11.3 Å². The lowest BCUT2D eigenvalue weighted by Gasteiger charge is -2.30. The number of halogens is 1. The van der Waals surface area contributed by atoms with Gasteiger partial charge in [0.2, 0.25) is 5.91 Å². The molecule has 1 aliphatic heterocycles. The first-order valence-corrected chi connectivity index (χ1v) is 5.78. The predicted molar refractivity (Wildman–Crippen MR) is 64.6 cm³/mol. The fraction of sp³-hybridized carbons (Fsp3) is 0.333. The van der Waals surface area contributed by atoms with Crippen LogP contribution in [0.1, 0.15) is 12.5 Å². The van der Waals surface area contributed by atoms with E-state index in [1.807, 2.05) is 18.2 Å². The zero-order chi connectivity index (χ0) is 12.4. The van der Waals surface area contributed by atoms with Crippen molar-refractivity contribution in [3.05, 3.63) is 34.9 Å². The summed E-state index contributed by atoms with van der Waals surface area (Å²) in [6.07, 6.45) is 0. The number of nitrogens with zero attached hydrogens (tertiary/aromatic N) is 1. The monoisotopic (exact) mass is 252 g/mol. The van der Waals surface area contributed by atoms with E-state index in [2.05, 4.69) is 5.32 Å².